The second kappa shape index (κ2) is 6.35. The number of aromatic nitrogens is 2. The zero-order chi connectivity index (χ0) is 18.2. The van der Waals surface area contributed by atoms with Crippen molar-refractivity contribution < 1.29 is 23.7 Å². The minimum absolute atomic E-state index is 0.0487. The number of carbonyl (C=O) groups is 1. The first-order valence-electron chi connectivity index (χ1n) is 8.81. The highest BCUT2D eigenvalue weighted by molar-refractivity contribution is 5.84. The molecule has 3 rings (SSSR count). The first kappa shape index (κ1) is 17.8. The van der Waals surface area contributed by atoms with Gasteiger partial charge in [-0.25, -0.2) is 0 Å². The van der Waals surface area contributed by atoms with Crippen LogP contribution in [0.15, 0.2) is 6.07 Å². The van der Waals surface area contributed by atoms with Crippen molar-refractivity contribution in [2.45, 2.75) is 46.1 Å². The van der Waals surface area contributed by atoms with Gasteiger partial charge in [-0.2, -0.15) is 9.97 Å². The lowest BCUT2D eigenvalue weighted by Gasteiger charge is -2.24. The van der Waals surface area contributed by atoms with Crippen LogP contribution >= 0.6 is 0 Å². The smallest absolute Gasteiger partial charge is 0.323 e. The first-order chi connectivity index (χ1) is 12.0. The molecular formula is C18H26N2O5. The molecule has 0 spiro atoms. The van der Waals surface area contributed by atoms with E-state index in [1.165, 1.54) is 14.2 Å². The Morgan fingerprint density at radius 1 is 1.24 bits per heavy atom. The molecule has 2 fully saturated rings. The predicted molar refractivity (Wildman–Crippen MR) is 89.7 cm³/mol. The molecule has 0 amide bonds. The minimum atomic E-state index is -0.614. The number of hydrogen-bond acceptors (Lipinski definition) is 7. The van der Waals surface area contributed by atoms with Gasteiger partial charge in [0.1, 0.15) is 11.5 Å². The number of fused-ring (bicyclic) bond motifs is 1. The summed E-state index contributed by atoms with van der Waals surface area (Å²) in [7, 11) is 3.04. The van der Waals surface area contributed by atoms with Gasteiger partial charge in [-0.1, -0.05) is 13.8 Å². The lowest BCUT2D eigenvalue weighted by atomic mass is 9.92. The lowest BCUT2D eigenvalue weighted by molar-refractivity contribution is -0.155. The molecule has 4 atom stereocenters. The van der Waals surface area contributed by atoms with Gasteiger partial charge in [-0.3, -0.25) is 4.79 Å². The van der Waals surface area contributed by atoms with Gasteiger partial charge in [-0.05, 0) is 37.5 Å². The lowest BCUT2D eigenvalue weighted by Crippen LogP contribution is -2.37. The maximum atomic E-state index is 12.8. The molecule has 4 unspecified atom stereocenters. The molecule has 25 heavy (non-hydrogen) atoms. The Hall–Kier alpha value is -2.05. The summed E-state index contributed by atoms with van der Waals surface area (Å²) in [5, 5.41) is 0. The number of carbonyl (C=O) groups excluding carboxylic acids is 1. The number of ether oxygens (including phenoxy) is 4. The number of hydrogen-bond donors (Lipinski definition) is 0. The molecule has 7 heteroatoms. The summed E-state index contributed by atoms with van der Waals surface area (Å²) in [6.45, 7) is 6.44. The number of rotatable bonds is 7. The van der Waals surface area contributed by atoms with E-state index in [4.69, 9.17) is 18.9 Å². The van der Waals surface area contributed by atoms with Crippen LogP contribution in [-0.2, 0) is 9.53 Å². The third-order valence-electron chi connectivity index (χ3n) is 6.18. The molecule has 1 heterocycles. The van der Waals surface area contributed by atoms with Gasteiger partial charge in [0, 0.05) is 0 Å². The van der Waals surface area contributed by atoms with Gasteiger partial charge in [0.2, 0.25) is 11.8 Å². The van der Waals surface area contributed by atoms with E-state index in [0.29, 0.717) is 18.4 Å². The summed E-state index contributed by atoms with van der Waals surface area (Å²) in [6, 6.07) is 1.74. The molecule has 2 aliphatic rings. The average Bonchev–Trinajstić information content (AvgIpc) is 2.99. The maximum absolute atomic E-state index is 12.8. The Bertz CT molecular complexity index is 645. The Morgan fingerprint density at radius 2 is 1.88 bits per heavy atom. The van der Waals surface area contributed by atoms with Crippen LogP contribution in [0, 0.1) is 16.7 Å². The molecule has 7 nitrogen and oxygen atoms in total. The fraction of sp³-hybridized carbons (Fsp3) is 0.722. The van der Waals surface area contributed by atoms with Crippen molar-refractivity contribution in [3.05, 3.63) is 6.07 Å². The van der Waals surface area contributed by atoms with Crippen LogP contribution in [0.2, 0.25) is 0 Å². The third kappa shape index (κ3) is 2.35. The highest BCUT2D eigenvalue weighted by Gasteiger charge is 2.84. The molecule has 0 bridgehead atoms. The second-order valence-electron chi connectivity index (χ2n) is 6.70. The van der Waals surface area contributed by atoms with Crippen LogP contribution < -0.4 is 14.2 Å². The van der Waals surface area contributed by atoms with Crippen molar-refractivity contribution >= 4 is 5.97 Å². The Kier molecular flexibility index (Phi) is 4.51. The summed E-state index contributed by atoms with van der Waals surface area (Å²) in [5.41, 5.74) is -0.662. The molecular weight excluding hydrogens is 324 g/mol. The van der Waals surface area contributed by atoms with E-state index in [1.54, 1.807) is 6.07 Å². The van der Waals surface area contributed by atoms with Crippen LogP contribution in [0.1, 0.15) is 40.0 Å². The SMILES string of the molecule is CCOC(=O)C12C(Oc3nc(OC)cc(OC)n3)CCC1(CC)C2C. The van der Waals surface area contributed by atoms with Crippen molar-refractivity contribution in [3.8, 4) is 17.8 Å². The number of esters is 1. The molecule has 0 radical (unpaired) electrons. The highest BCUT2D eigenvalue weighted by atomic mass is 16.5. The van der Waals surface area contributed by atoms with E-state index in [2.05, 4.69) is 23.8 Å². The summed E-state index contributed by atoms with van der Waals surface area (Å²) in [5.74, 6) is 0.767. The van der Waals surface area contributed by atoms with Crippen molar-refractivity contribution in [3.63, 3.8) is 0 Å². The van der Waals surface area contributed by atoms with E-state index in [1.807, 2.05) is 6.92 Å². The van der Waals surface area contributed by atoms with Gasteiger partial charge < -0.3 is 18.9 Å². The molecule has 0 aromatic carbocycles. The number of nitrogens with zero attached hydrogens (tertiary/aromatic N) is 2. The Morgan fingerprint density at radius 3 is 2.36 bits per heavy atom. The molecule has 1 aromatic rings. The molecule has 1 aromatic heterocycles. The minimum Gasteiger partial charge on any atom is -0.481 e. The predicted octanol–water partition coefficient (Wildman–Crippen LogP) is 2.63. The third-order valence-corrected chi connectivity index (χ3v) is 6.18. The topological polar surface area (TPSA) is 79.8 Å². The summed E-state index contributed by atoms with van der Waals surface area (Å²) < 4.78 is 21.9. The number of methoxy groups -OCH3 is 2. The molecule has 0 aliphatic heterocycles. The fourth-order valence-electron chi connectivity index (χ4n) is 4.94. The van der Waals surface area contributed by atoms with E-state index < -0.39 is 5.41 Å². The van der Waals surface area contributed by atoms with Gasteiger partial charge in [0.15, 0.2) is 0 Å². The van der Waals surface area contributed by atoms with Crippen LogP contribution in [0.25, 0.3) is 0 Å². The van der Waals surface area contributed by atoms with Crippen LogP contribution in [0.4, 0.5) is 0 Å². The standard InChI is InChI=1S/C18H26N2O5/c1-6-17-9-8-12(18(17,11(17)3)15(21)24-7-2)25-16-19-13(22-4)10-14(20-16)23-5/h10-12H,6-9H2,1-5H3. The van der Waals surface area contributed by atoms with E-state index >= 15 is 0 Å². The van der Waals surface area contributed by atoms with Gasteiger partial charge in [-0.15, -0.1) is 0 Å². The summed E-state index contributed by atoms with van der Waals surface area (Å²) >= 11 is 0. The largest absolute Gasteiger partial charge is 0.481 e. The van der Waals surface area contributed by atoms with Crippen molar-refractivity contribution in [2.75, 3.05) is 20.8 Å². The van der Waals surface area contributed by atoms with E-state index in [0.717, 1.165) is 19.3 Å². The van der Waals surface area contributed by atoms with Crippen LogP contribution in [0.5, 0.6) is 17.8 Å². The molecule has 2 saturated carbocycles. The molecule has 0 saturated heterocycles. The quantitative estimate of drug-likeness (QED) is 0.699. The zero-order valence-corrected chi connectivity index (χ0v) is 15.5. The fourth-order valence-corrected chi connectivity index (χ4v) is 4.94. The van der Waals surface area contributed by atoms with Crippen molar-refractivity contribution in [1.82, 2.24) is 9.97 Å². The normalized spacial score (nSPS) is 32.7. The van der Waals surface area contributed by atoms with Crippen LogP contribution in [0.3, 0.4) is 0 Å². The van der Waals surface area contributed by atoms with Crippen molar-refractivity contribution in [2.24, 2.45) is 16.7 Å². The molecule has 0 N–H and O–H groups in total. The summed E-state index contributed by atoms with van der Waals surface area (Å²) in [4.78, 5) is 21.3. The Balaban J connectivity index is 1.91. The highest BCUT2D eigenvalue weighted by Crippen LogP contribution is 2.79. The van der Waals surface area contributed by atoms with Gasteiger partial charge in [0.05, 0.1) is 26.9 Å². The van der Waals surface area contributed by atoms with E-state index in [-0.39, 0.29) is 29.4 Å². The van der Waals surface area contributed by atoms with Crippen molar-refractivity contribution in [1.29, 1.82) is 0 Å². The van der Waals surface area contributed by atoms with Crippen LogP contribution in [-0.4, -0.2) is 42.9 Å². The average molecular weight is 350 g/mol. The molecule has 138 valence electrons. The summed E-state index contributed by atoms with van der Waals surface area (Å²) in [6.07, 6.45) is 2.34. The van der Waals surface area contributed by atoms with Gasteiger partial charge in [0.25, 0.3) is 0 Å². The maximum Gasteiger partial charge on any atom is 0.323 e. The zero-order valence-electron chi connectivity index (χ0n) is 15.5. The van der Waals surface area contributed by atoms with Gasteiger partial charge >= 0.3 is 12.0 Å². The Labute approximate surface area is 148 Å². The second-order valence-corrected chi connectivity index (χ2v) is 6.70. The van der Waals surface area contributed by atoms with E-state index in [9.17, 15) is 4.79 Å². The monoisotopic (exact) mass is 350 g/mol. The first-order valence-corrected chi connectivity index (χ1v) is 8.81. The molecule has 2 aliphatic carbocycles.